The molecule has 0 saturated heterocycles. The molecule has 6 nitrogen and oxygen atoms in total. The molecular formula is C17H18ClN5O. The number of nitrogens with zero attached hydrogens (tertiary/aromatic N) is 4. The quantitative estimate of drug-likeness (QED) is 0.774. The number of nitrogens with one attached hydrogen (secondary N) is 1. The predicted octanol–water partition coefficient (Wildman–Crippen LogP) is 3.04. The summed E-state index contributed by atoms with van der Waals surface area (Å²) >= 11 is 5.94. The lowest BCUT2D eigenvalue weighted by molar-refractivity contribution is -0.116. The van der Waals surface area contributed by atoms with Crippen LogP contribution >= 0.6 is 11.6 Å². The van der Waals surface area contributed by atoms with Crippen LogP contribution in [0.15, 0.2) is 42.7 Å². The second-order valence-corrected chi connectivity index (χ2v) is 6.04. The number of carbonyl (C=O) groups excluding carboxylic acids is 1. The van der Waals surface area contributed by atoms with Crippen molar-refractivity contribution in [1.29, 1.82) is 0 Å². The average Bonchev–Trinajstić information content (AvgIpc) is 3.08. The van der Waals surface area contributed by atoms with E-state index in [1.807, 2.05) is 18.3 Å². The molecule has 0 unspecified atom stereocenters. The highest BCUT2D eigenvalue weighted by atomic mass is 35.5. The summed E-state index contributed by atoms with van der Waals surface area (Å²) in [7, 11) is 0. The van der Waals surface area contributed by atoms with Crippen LogP contribution in [0.1, 0.15) is 16.8 Å². The summed E-state index contributed by atoms with van der Waals surface area (Å²) in [6, 6.07) is 9.93. The van der Waals surface area contributed by atoms with Gasteiger partial charge >= 0.3 is 0 Å². The van der Waals surface area contributed by atoms with E-state index in [2.05, 4.69) is 34.6 Å². The summed E-state index contributed by atoms with van der Waals surface area (Å²) in [6.45, 7) is 4.62. The smallest absolute Gasteiger partial charge is 0.247 e. The lowest BCUT2D eigenvalue weighted by Crippen LogP contribution is -2.19. The molecule has 0 aliphatic rings. The maximum Gasteiger partial charge on any atom is 0.247 e. The van der Waals surface area contributed by atoms with Crippen LogP contribution in [0.25, 0.3) is 0 Å². The minimum Gasteiger partial charge on any atom is -0.308 e. The number of anilines is 1. The predicted molar refractivity (Wildman–Crippen MR) is 93.1 cm³/mol. The fourth-order valence-electron chi connectivity index (χ4n) is 2.38. The van der Waals surface area contributed by atoms with Gasteiger partial charge in [0.1, 0.15) is 6.54 Å². The molecule has 1 aromatic carbocycles. The van der Waals surface area contributed by atoms with Crippen molar-refractivity contribution in [2.75, 3.05) is 5.32 Å². The monoisotopic (exact) mass is 343 g/mol. The largest absolute Gasteiger partial charge is 0.308 e. The summed E-state index contributed by atoms with van der Waals surface area (Å²) in [4.78, 5) is 12.1. The number of hydrogen-bond donors (Lipinski definition) is 1. The van der Waals surface area contributed by atoms with Crippen molar-refractivity contribution in [3.8, 4) is 0 Å². The van der Waals surface area contributed by atoms with Crippen molar-refractivity contribution >= 4 is 23.3 Å². The minimum atomic E-state index is -0.199. The maximum atomic E-state index is 12.1. The number of aromatic nitrogens is 4. The lowest BCUT2D eigenvalue weighted by atomic mass is 10.1. The molecule has 7 heteroatoms. The normalized spacial score (nSPS) is 10.8. The van der Waals surface area contributed by atoms with E-state index in [1.54, 1.807) is 23.9 Å². The van der Waals surface area contributed by atoms with Crippen LogP contribution in [0.2, 0.25) is 5.02 Å². The van der Waals surface area contributed by atoms with Gasteiger partial charge in [0.2, 0.25) is 5.91 Å². The second kappa shape index (κ2) is 6.88. The zero-order chi connectivity index (χ0) is 17.1. The van der Waals surface area contributed by atoms with Crippen LogP contribution in [0.4, 0.5) is 5.82 Å². The summed E-state index contributed by atoms with van der Waals surface area (Å²) in [5.41, 5.74) is 3.11. The standard InChI is InChI=1S/C17H18ClN5O/c1-12-5-3-4-6-14(12)9-22-8-7-16(21-22)19-17(24)11-23-10-15(18)13(2)20-23/h3-8,10H,9,11H2,1-2H3,(H,19,21,24). The molecule has 0 aliphatic carbocycles. The van der Waals surface area contributed by atoms with Gasteiger partial charge in [-0.2, -0.15) is 10.2 Å². The average molecular weight is 344 g/mol. The van der Waals surface area contributed by atoms with E-state index >= 15 is 0 Å². The first kappa shape index (κ1) is 16.3. The Balaban J connectivity index is 1.61. The second-order valence-electron chi connectivity index (χ2n) is 5.63. The molecule has 0 aliphatic heterocycles. The molecular weight excluding hydrogens is 326 g/mol. The molecule has 0 atom stereocenters. The number of aryl methyl sites for hydroxylation is 2. The third-order valence-electron chi connectivity index (χ3n) is 3.69. The van der Waals surface area contributed by atoms with E-state index in [-0.39, 0.29) is 12.5 Å². The van der Waals surface area contributed by atoms with Gasteiger partial charge in [0.25, 0.3) is 0 Å². The summed E-state index contributed by atoms with van der Waals surface area (Å²) in [5, 5.41) is 11.9. The van der Waals surface area contributed by atoms with E-state index < -0.39 is 0 Å². The van der Waals surface area contributed by atoms with Crippen molar-refractivity contribution < 1.29 is 4.79 Å². The molecule has 1 N–H and O–H groups in total. The number of benzene rings is 1. The highest BCUT2D eigenvalue weighted by molar-refractivity contribution is 6.31. The van der Waals surface area contributed by atoms with E-state index in [4.69, 9.17) is 11.6 Å². The SMILES string of the molecule is Cc1ccccc1Cn1ccc(NC(=O)Cn2cc(Cl)c(C)n2)n1. The fraction of sp³-hybridized carbons (Fsp3) is 0.235. The molecule has 2 aromatic heterocycles. The molecule has 0 saturated carbocycles. The topological polar surface area (TPSA) is 64.7 Å². The van der Waals surface area contributed by atoms with Gasteiger partial charge in [0, 0.05) is 18.5 Å². The zero-order valence-corrected chi connectivity index (χ0v) is 14.3. The van der Waals surface area contributed by atoms with Gasteiger partial charge in [-0.25, -0.2) is 0 Å². The van der Waals surface area contributed by atoms with Gasteiger partial charge in [-0.1, -0.05) is 35.9 Å². The third kappa shape index (κ3) is 3.83. The zero-order valence-electron chi connectivity index (χ0n) is 13.5. The Morgan fingerprint density at radius 3 is 2.67 bits per heavy atom. The van der Waals surface area contributed by atoms with Crippen molar-refractivity contribution in [3.63, 3.8) is 0 Å². The highest BCUT2D eigenvalue weighted by Gasteiger charge is 2.09. The molecule has 3 rings (SSSR count). The molecule has 3 aromatic rings. The van der Waals surface area contributed by atoms with Crippen LogP contribution in [0.3, 0.4) is 0 Å². The first-order valence-electron chi connectivity index (χ1n) is 7.58. The van der Waals surface area contributed by atoms with Crippen molar-refractivity contribution in [2.24, 2.45) is 0 Å². The van der Waals surface area contributed by atoms with Crippen LogP contribution in [0.5, 0.6) is 0 Å². The Kier molecular flexibility index (Phi) is 4.66. The van der Waals surface area contributed by atoms with Gasteiger partial charge in [0.15, 0.2) is 5.82 Å². The van der Waals surface area contributed by atoms with E-state index in [9.17, 15) is 4.79 Å². The third-order valence-corrected chi connectivity index (χ3v) is 4.06. The van der Waals surface area contributed by atoms with Crippen molar-refractivity contribution in [1.82, 2.24) is 19.6 Å². The molecule has 2 heterocycles. The van der Waals surface area contributed by atoms with Gasteiger partial charge in [-0.15, -0.1) is 0 Å². The van der Waals surface area contributed by atoms with E-state index in [1.165, 1.54) is 15.8 Å². The summed E-state index contributed by atoms with van der Waals surface area (Å²) in [6.07, 6.45) is 3.48. The number of hydrogen-bond acceptors (Lipinski definition) is 3. The minimum absolute atomic E-state index is 0.0954. The molecule has 0 radical (unpaired) electrons. The van der Waals surface area contributed by atoms with Crippen molar-refractivity contribution in [2.45, 2.75) is 26.9 Å². The van der Waals surface area contributed by atoms with Gasteiger partial charge in [0.05, 0.1) is 17.3 Å². The first-order chi connectivity index (χ1) is 11.5. The Morgan fingerprint density at radius 1 is 1.17 bits per heavy atom. The van der Waals surface area contributed by atoms with Gasteiger partial charge in [-0.3, -0.25) is 14.2 Å². The van der Waals surface area contributed by atoms with Gasteiger partial charge < -0.3 is 5.32 Å². The highest BCUT2D eigenvalue weighted by Crippen LogP contribution is 2.13. The summed E-state index contributed by atoms with van der Waals surface area (Å²) in [5.74, 6) is 0.318. The lowest BCUT2D eigenvalue weighted by Gasteiger charge is -2.05. The summed E-state index contributed by atoms with van der Waals surface area (Å²) < 4.78 is 3.31. The molecule has 0 bridgehead atoms. The first-order valence-corrected chi connectivity index (χ1v) is 7.96. The Morgan fingerprint density at radius 2 is 1.96 bits per heavy atom. The Hall–Kier alpha value is -2.60. The number of rotatable bonds is 5. The maximum absolute atomic E-state index is 12.1. The number of amides is 1. The van der Waals surface area contributed by atoms with E-state index in [0.717, 1.165) is 0 Å². The number of carbonyl (C=O) groups is 1. The van der Waals surface area contributed by atoms with Crippen LogP contribution in [-0.2, 0) is 17.9 Å². The van der Waals surface area contributed by atoms with Crippen LogP contribution in [0, 0.1) is 13.8 Å². The van der Waals surface area contributed by atoms with Crippen LogP contribution in [-0.4, -0.2) is 25.5 Å². The molecule has 24 heavy (non-hydrogen) atoms. The molecule has 1 amide bonds. The molecule has 0 fully saturated rings. The van der Waals surface area contributed by atoms with Crippen molar-refractivity contribution in [3.05, 3.63) is 64.6 Å². The fourth-order valence-corrected chi connectivity index (χ4v) is 2.53. The Labute approximate surface area is 145 Å². The van der Waals surface area contributed by atoms with Crippen LogP contribution < -0.4 is 5.32 Å². The Bertz CT molecular complexity index is 848. The number of halogens is 1. The molecule has 124 valence electrons. The van der Waals surface area contributed by atoms with E-state index in [0.29, 0.717) is 23.1 Å². The molecule has 0 spiro atoms. The van der Waals surface area contributed by atoms with Gasteiger partial charge in [-0.05, 0) is 25.0 Å².